The molecule has 1 aromatic carbocycles. The number of nitrogens with zero attached hydrogens (tertiary/aromatic N) is 2. The molecule has 2 rings (SSSR count). The van der Waals surface area contributed by atoms with Crippen molar-refractivity contribution >= 4 is 11.6 Å². The highest BCUT2D eigenvalue weighted by Crippen LogP contribution is 2.19. The van der Waals surface area contributed by atoms with Gasteiger partial charge in [0.25, 0.3) is 0 Å². The number of hydrogen-bond acceptors (Lipinski definition) is 4. The second kappa shape index (κ2) is 6.61. The van der Waals surface area contributed by atoms with E-state index in [9.17, 15) is 0 Å². The summed E-state index contributed by atoms with van der Waals surface area (Å²) in [5.41, 5.74) is 2.94. The van der Waals surface area contributed by atoms with Gasteiger partial charge in [0.05, 0.1) is 12.3 Å². The van der Waals surface area contributed by atoms with E-state index >= 15 is 0 Å². The van der Waals surface area contributed by atoms with E-state index < -0.39 is 0 Å². The fraction of sp³-hybridized carbons (Fsp3) is 0.286. The second-order valence-electron chi connectivity index (χ2n) is 4.38. The van der Waals surface area contributed by atoms with Gasteiger partial charge in [0, 0.05) is 24.3 Å². The lowest BCUT2D eigenvalue weighted by atomic mass is 10.1. The van der Waals surface area contributed by atoms with E-state index in [1.807, 2.05) is 31.2 Å². The molecule has 19 heavy (non-hydrogen) atoms. The molecule has 0 unspecified atom stereocenters. The van der Waals surface area contributed by atoms with Crippen molar-refractivity contribution in [3.05, 3.63) is 47.4 Å². The highest BCUT2D eigenvalue weighted by Gasteiger charge is 2.03. The number of hydrogen-bond donors (Lipinski definition) is 2. The summed E-state index contributed by atoms with van der Waals surface area (Å²) in [6.45, 7) is 2.77. The maximum atomic E-state index is 8.98. The lowest BCUT2D eigenvalue weighted by molar-refractivity contribution is 0.251. The normalized spacial score (nSPS) is 12.4. The third kappa shape index (κ3) is 3.99. The van der Waals surface area contributed by atoms with Crippen molar-refractivity contribution in [2.24, 2.45) is 0 Å². The maximum absolute atomic E-state index is 8.98. The van der Waals surface area contributed by atoms with Gasteiger partial charge in [0.15, 0.2) is 0 Å². The second-order valence-corrected chi connectivity index (χ2v) is 4.71. The van der Waals surface area contributed by atoms with Crippen LogP contribution in [0.15, 0.2) is 36.5 Å². The summed E-state index contributed by atoms with van der Waals surface area (Å²) in [7, 11) is 0. The highest BCUT2D eigenvalue weighted by atomic mass is 35.5. The molecular weight excluding hydrogens is 262 g/mol. The SMILES string of the molecule is C[C@@H](CO)NCc1cccc(-c2ccnc(Cl)n2)c1. The van der Waals surface area contributed by atoms with Crippen molar-refractivity contribution in [2.45, 2.75) is 19.5 Å². The van der Waals surface area contributed by atoms with Gasteiger partial charge in [-0.15, -0.1) is 0 Å². The Balaban J connectivity index is 2.15. The van der Waals surface area contributed by atoms with Crippen LogP contribution < -0.4 is 5.32 Å². The van der Waals surface area contributed by atoms with Crippen molar-refractivity contribution in [3.8, 4) is 11.3 Å². The van der Waals surface area contributed by atoms with Crippen LogP contribution in [0.3, 0.4) is 0 Å². The third-order valence-electron chi connectivity index (χ3n) is 2.78. The Morgan fingerprint density at radius 1 is 1.37 bits per heavy atom. The van der Waals surface area contributed by atoms with E-state index in [1.54, 1.807) is 6.20 Å². The molecule has 0 radical (unpaired) electrons. The molecule has 0 saturated carbocycles. The Labute approximate surface area is 117 Å². The van der Waals surface area contributed by atoms with E-state index in [-0.39, 0.29) is 17.9 Å². The van der Waals surface area contributed by atoms with Gasteiger partial charge < -0.3 is 10.4 Å². The first-order valence-corrected chi connectivity index (χ1v) is 6.49. The quantitative estimate of drug-likeness (QED) is 0.823. The molecular formula is C14H16ClN3O. The zero-order chi connectivity index (χ0) is 13.7. The molecule has 0 aliphatic carbocycles. The zero-order valence-corrected chi connectivity index (χ0v) is 11.4. The fourth-order valence-corrected chi connectivity index (χ4v) is 1.84. The van der Waals surface area contributed by atoms with Crippen molar-refractivity contribution in [2.75, 3.05) is 6.61 Å². The Morgan fingerprint density at radius 2 is 2.21 bits per heavy atom. The molecule has 0 spiro atoms. The number of nitrogens with one attached hydrogen (secondary N) is 1. The van der Waals surface area contributed by atoms with Gasteiger partial charge >= 0.3 is 0 Å². The summed E-state index contributed by atoms with van der Waals surface area (Å²) in [5.74, 6) is 0. The number of benzene rings is 1. The summed E-state index contributed by atoms with van der Waals surface area (Å²) >= 11 is 5.79. The molecule has 0 aliphatic rings. The van der Waals surface area contributed by atoms with E-state index in [4.69, 9.17) is 16.7 Å². The van der Waals surface area contributed by atoms with Crippen LogP contribution in [0.1, 0.15) is 12.5 Å². The number of aliphatic hydroxyl groups is 1. The van der Waals surface area contributed by atoms with Crippen molar-refractivity contribution in [3.63, 3.8) is 0 Å². The monoisotopic (exact) mass is 277 g/mol. The van der Waals surface area contributed by atoms with Crippen LogP contribution in [0.4, 0.5) is 0 Å². The predicted molar refractivity (Wildman–Crippen MR) is 75.9 cm³/mol. The molecule has 5 heteroatoms. The van der Waals surface area contributed by atoms with E-state index in [0.717, 1.165) is 16.8 Å². The molecule has 1 atom stereocenters. The molecule has 0 saturated heterocycles. The number of aliphatic hydroxyl groups excluding tert-OH is 1. The summed E-state index contributed by atoms with van der Waals surface area (Å²) in [4.78, 5) is 8.06. The molecule has 0 aliphatic heterocycles. The summed E-state index contributed by atoms with van der Waals surface area (Å²) in [5, 5.41) is 12.5. The smallest absolute Gasteiger partial charge is 0.222 e. The third-order valence-corrected chi connectivity index (χ3v) is 2.96. The maximum Gasteiger partial charge on any atom is 0.222 e. The minimum atomic E-state index is 0.0807. The lowest BCUT2D eigenvalue weighted by Gasteiger charge is -2.11. The van der Waals surface area contributed by atoms with Gasteiger partial charge in [-0.3, -0.25) is 0 Å². The highest BCUT2D eigenvalue weighted by molar-refractivity contribution is 6.28. The molecule has 4 nitrogen and oxygen atoms in total. The van der Waals surface area contributed by atoms with Crippen LogP contribution in [0.25, 0.3) is 11.3 Å². The molecule has 0 bridgehead atoms. The molecule has 1 aromatic heterocycles. The Hall–Kier alpha value is -1.49. The number of halogens is 1. The number of aromatic nitrogens is 2. The van der Waals surface area contributed by atoms with Crippen LogP contribution in [0.2, 0.25) is 5.28 Å². The van der Waals surface area contributed by atoms with Gasteiger partial charge in [-0.05, 0) is 36.2 Å². The summed E-state index contributed by atoms with van der Waals surface area (Å²) in [6, 6.07) is 9.95. The first kappa shape index (κ1) is 13.9. The van der Waals surface area contributed by atoms with Crippen LogP contribution in [-0.4, -0.2) is 27.7 Å². The molecule has 100 valence electrons. The van der Waals surface area contributed by atoms with Crippen molar-refractivity contribution in [1.82, 2.24) is 15.3 Å². The van der Waals surface area contributed by atoms with Gasteiger partial charge in [0.2, 0.25) is 5.28 Å². The van der Waals surface area contributed by atoms with Crippen molar-refractivity contribution in [1.29, 1.82) is 0 Å². The molecule has 2 N–H and O–H groups in total. The van der Waals surface area contributed by atoms with Crippen LogP contribution in [0, 0.1) is 0 Å². The average molecular weight is 278 g/mol. The van der Waals surface area contributed by atoms with Crippen LogP contribution >= 0.6 is 11.6 Å². The Bertz CT molecular complexity index is 548. The lowest BCUT2D eigenvalue weighted by Crippen LogP contribution is -2.28. The minimum absolute atomic E-state index is 0.0807. The first-order valence-electron chi connectivity index (χ1n) is 6.11. The van der Waals surface area contributed by atoms with Gasteiger partial charge in [-0.25, -0.2) is 9.97 Å². The number of rotatable bonds is 5. The fourth-order valence-electron chi connectivity index (χ4n) is 1.69. The van der Waals surface area contributed by atoms with Gasteiger partial charge in [-0.2, -0.15) is 0 Å². The Kier molecular flexibility index (Phi) is 4.85. The van der Waals surface area contributed by atoms with Gasteiger partial charge in [-0.1, -0.05) is 18.2 Å². The summed E-state index contributed by atoms with van der Waals surface area (Å²) < 4.78 is 0. The molecule has 1 heterocycles. The van der Waals surface area contributed by atoms with Crippen molar-refractivity contribution < 1.29 is 5.11 Å². The predicted octanol–water partition coefficient (Wildman–Crippen LogP) is 2.27. The summed E-state index contributed by atoms with van der Waals surface area (Å²) in [6.07, 6.45) is 1.64. The average Bonchev–Trinajstić information content (AvgIpc) is 2.45. The Morgan fingerprint density at radius 3 is 2.95 bits per heavy atom. The van der Waals surface area contributed by atoms with Crippen LogP contribution in [-0.2, 0) is 6.54 Å². The largest absolute Gasteiger partial charge is 0.395 e. The molecule has 2 aromatic rings. The van der Waals surface area contributed by atoms with E-state index in [2.05, 4.69) is 21.4 Å². The van der Waals surface area contributed by atoms with Gasteiger partial charge in [0.1, 0.15) is 0 Å². The standard InChI is InChI=1S/C14H16ClN3O/c1-10(9-19)17-8-11-3-2-4-12(7-11)13-5-6-16-14(15)18-13/h2-7,10,17,19H,8-9H2,1H3/t10-/m0/s1. The molecule has 0 amide bonds. The van der Waals surface area contributed by atoms with Crippen LogP contribution in [0.5, 0.6) is 0 Å². The molecule has 0 fully saturated rings. The van der Waals surface area contributed by atoms with E-state index in [0.29, 0.717) is 6.54 Å². The zero-order valence-electron chi connectivity index (χ0n) is 10.7. The minimum Gasteiger partial charge on any atom is -0.395 e. The topological polar surface area (TPSA) is 58.0 Å². The first-order chi connectivity index (χ1) is 9.19. The van der Waals surface area contributed by atoms with E-state index in [1.165, 1.54) is 0 Å².